The Labute approximate surface area is 197 Å². The molecule has 0 aliphatic heterocycles. The number of hydrogen-bond donors (Lipinski definition) is 2. The molecule has 0 radical (unpaired) electrons. The van der Waals surface area contributed by atoms with Crippen LogP contribution in [0.15, 0.2) is 35.4 Å². The highest BCUT2D eigenvalue weighted by atomic mass is 16.2. The number of nitrogens with zero attached hydrogens (tertiary/aromatic N) is 3. The van der Waals surface area contributed by atoms with Gasteiger partial charge in [-0.25, -0.2) is 0 Å². The van der Waals surface area contributed by atoms with Gasteiger partial charge in [-0.15, -0.1) is 0 Å². The highest BCUT2D eigenvalue weighted by molar-refractivity contribution is 5.95. The van der Waals surface area contributed by atoms with Crippen LogP contribution in [-0.2, 0) is 20.8 Å². The molecule has 0 bridgehead atoms. The zero-order valence-corrected chi connectivity index (χ0v) is 21.0. The van der Waals surface area contributed by atoms with Crippen LogP contribution in [0.4, 0.5) is 0 Å². The second-order valence-electron chi connectivity index (χ2n) is 10.4. The van der Waals surface area contributed by atoms with Gasteiger partial charge in [-0.3, -0.25) is 14.4 Å². The number of carbonyl (C=O) groups excluding carboxylic acids is 3. The maximum atomic E-state index is 13.2. The summed E-state index contributed by atoms with van der Waals surface area (Å²) < 4.78 is 0. The van der Waals surface area contributed by atoms with Gasteiger partial charge in [0.25, 0.3) is 0 Å². The Morgan fingerprint density at radius 1 is 0.909 bits per heavy atom. The number of carbonyl (C=O) groups is 3. The van der Waals surface area contributed by atoms with Crippen molar-refractivity contribution in [1.29, 1.82) is 0 Å². The maximum Gasteiger partial charge on any atom is 0.243 e. The van der Waals surface area contributed by atoms with E-state index in [4.69, 9.17) is 5.53 Å². The summed E-state index contributed by atoms with van der Waals surface area (Å²) in [5.74, 6) is -0.634. The highest BCUT2D eigenvalue weighted by Crippen LogP contribution is 2.21. The van der Waals surface area contributed by atoms with Crippen molar-refractivity contribution in [1.82, 2.24) is 10.6 Å². The maximum absolute atomic E-state index is 13.2. The van der Waals surface area contributed by atoms with E-state index in [1.54, 1.807) is 0 Å². The predicted octanol–water partition coefficient (Wildman–Crippen LogP) is 4.59. The molecule has 1 aromatic rings. The lowest BCUT2D eigenvalue weighted by molar-refractivity contribution is -0.135. The van der Waals surface area contributed by atoms with Gasteiger partial charge in [-0.1, -0.05) is 83.9 Å². The first kappa shape index (κ1) is 28.2. The van der Waals surface area contributed by atoms with Crippen molar-refractivity contribution in [2.24, 2.45) is 22.4 Å². The van der Waals surface area contributed by atoms with Crippen LogP contribution in [0.1, 0.15) is 66.9 Å². The summed E-state index contributed by atoms with van der Waals surface area (Å²) >= 11 is 0. The van der Waals surface area contributed by atoms with E-state index in [1.807, 2.05) is 78.8 Å². The van der Waals surface area contributed by atoms with Crippen molar-refractivity contribution in [3.05, 3.63) is 46.3 Å². The summed E-state index contributed by atoms with van der Waals surface area (Å²) in [6.07, 6.45) is 1.13. The zero-order valence-electron chi connectivity index (χ0n) is 21.0. The SMILES string of the molecule is CC(C)C[C@H](NC(=O)[C@H](Cc1ccccc1)N=[N+]=[N-])C(=O)N[C@@H](CC(C)C)C(=O)C(C)(C)C. The van der Waals surface area contributed by atoms with Crippen molar-refractivity contribution in [2.75, 3.05) is 0 Å². The third-order valence-corrected chi connectivity index (χ3v) is 5.18. The molecule has 0 spiro atoms. The molecule has 0 aliphatic carbocycles. The average Bonchev–Trinajstić information content (AvgIpc) is 2.71. The quantitative estimate of drug-likeness (QED) is 0.271. The van der Waals surface area contributed by atoms with Crippen molar-refractivity contribution >= 4 is 17.6 Å². The largest absolute Gasteiger partial charge is 0.344 e. The van der Waals surface area contributed by atoms with Crippen molar-refractivity contribution in [3.8, 4) is 0 Å². The third-order valence-electron chi connectivity index (χ3n) is 5.18. The molecule has 182 valence electrons. The van der Waals surface area contributed by atoms with Gasteiger partial charge >= 0.3 is 0 Å². The number of rotatable bonds is 12. The lowest BCUT2D eigenvalue weighted by Crippen LogP contribution is -2.55. The normalized spacial score (nSPS) is 14.2. The van der Waals surface area contributed by atoms with Crippen LogP contribution in [0.25, 0.3) is 10.4 Å². The number of Topliss-reactive ketones (excluding diaryl/α,β-unsaturated/α-hetero) is 1. The van der Waals surface area contributed by atoms with E-state index in [9.17, 15) is 14.4 Å². The molecule has 0 unspecified atom stereocenters. The summed E-state index contributed by atoms with van der Waals surface area (Å²) in [5.41, 5.74) is 9.20. The molecule has 1 rings (SSSR count). The van der Waals surface area contributed by atoms with Crippen LogP contribution in [0.3, 0.4) is 0 Å². The van der Waals surface area contributed by atoms with E-state index in [1.165, 1.54) is 0 Å². The number of nitrogens with one attached hydrogen (secondary N) is 2. The van der Waals surface area contributed by atoms with Gasteiger partial charge in [0, 0.05) is 10.3 Å². The summed E-state index contributed by atoms with van der Waals surface area (Å²) in [6, 6.07) is 6.78. The van der Waals surface area contributed by atoms with Crippen LogP contribution in [0.5, 0.6) is 0 Å². The van der Waals surface area contributed by atoms with Gasteiger partial charge in [0.1, 0.15) is 12.1 Å². The molecule has 2 amide bonds. The minimum atomic E-state index is -0.984. The lowest BCUT2D eigenvalue weighted by Gasteiger charge is -2.29. The number of benzene rings is 1. The van der Waals surface area contributed by atoms with Gasteiger partial charge in [0.15, 0.2) is 5.78 Å². The Balaban J connectivity index is 3.05. The lowest BCUT2D eigenvalue weighted by atomic mass is 9.83. The summed E-state index contributed by atoms with van der Waals surface area (Å²) in [6.45, 7) is 13.4. The van der Waals surface area contributed by atoms with E-state index < -0.39 is 35.4 Å². The fourth-order valence-electron chi connectivity index (χ4n) is 3.55. The molecule has 0 aromatic heterocycles. The Morgan fingerprint density at radius 2 is 1.42 bits per heavy atom. The zero-order chi connectivity index (χ0) is 25.2. The summed E-state index contributed by atoms with van der Waals surface area (Å²) in [5, 5.41) is 9.30. The Bertz CT molecular complexity index is 839. The third kappa shape index (κ3) is 10.1. The molecule has 2 N–H and O–H groups in total. The van der Waals surface area contributed by atoms with Crippen LogP contribution < -0.4 is 10.6 Å². The summed E-state index contributed by atoms with van der Waals surface area (Å²) in [7, 11) is 0. The smallest absolute Gasteiger partial charge is 0.243 e. The molecule has 0 heterocycles. The molecule has 1 aromatic carbocycles. The Morgan fingerprint density at radius 3 is 1.91 bits per heavy atom. The Kier molecular flexibility index (Phi) is 11.1. The fourth-order valence-corrected chi connectivity index (χ4v) is 3.55. The molecule has 0 saturated heterocycles. The minimum absolute atomic E-state index is 0.0461. The van der Waals surface area contributed by atoms with E-state index in [2.05, 4.69) is 20.7 Å². The van der Waals surface area contributed by atoms with E-state index in [-0.39, 0.29) is 24.0 Å². The first-order chi connectivity index (χ1) is 15.3. The molecular weight excluding hydrogens is 418 g/mol. The average molecular weight is 458 g/mol. The monoisotopic (exact) mass is 457 g/mol. The molecule has 0 fully saturated rings. The summed E-state index contributed by atoms with van der Waals surface area (Å²) in [4.78, 5) is 41.9. The van der Waals surface area contributed by atoms with Gasteiger partial charge < -0.3 is 10.6 Å². The van der Waals surface area contributed by atoms with Crippen LogP contribution >= 0.6 is 0 Å². The molecule has 33 heavy (non-hydrogen) atoms. The molecule has 0 saturated carbocycles. The van der Waals surface area contributed by atoms with Crippen molar-refractivity contribution < 1.29 is 14.4 Å². The molecular formula is C25H39N5O3. The highest BCUT2D eigenvalue weighted by Gasteiger charge is 2.34. The van der Waals surface area contributed by atoms with Crippen LogP contribution in [-0.4, -0.2) is 35.7 Å². The van der Waals surface area contributed by atoms with E-state index in [0.29, 0.717) is 12.8 Å². The van der Waals surface area contributed by atoms with Crippen LogP contribution in [0, 0.1) is 17.3 Å². The standard InChI is InChI=1S/C25H39N5O3/c1-16(2)13-19(22(31)25(5,6)7)27-23(32)20(14-17(3)4)28-24(33)21(29-30-26)15-18-11-9-8-10-12-18/h8-12,16-17,19-21H,13-15H2,1-7H3,(H,27,32)(H,28,33)/t19-,20-,21-/m0/s1. The number of azide groups is 1. The van der Waals surface area contributed by atoms with Gasteiger partial charge in [-0.2, -0.15) is 0 Å². The first-order valence-corrected chi connectivity index (χ1v) is 11.6. The molecule has 8 nitrogen and oxygen atoms in total. The molecule has 3 atom stereocenters. The van der Waals surface area contributed by atoms with Gasteiger partial charge in [-0.05, 0) is 42.2 Å². The topological polar surface area (TPSA) is 124 Å². The minimum Gasteiger partial charge on any atom is -0.344 e. The first-order valence-electron chi connectivity index (χ1n) is 11.6. The van der Waals surface area contributed by atoms with Gasteiger partial charge in [0.2, 0.25) is 11.8 Å². The molecule has 0 aliphatic rings. The molecule has 8 heteroatoms. The van der Waals surface area contributed by atoms with E-state index >= 15 is 0 Å². The second kappa shape index (κ2) is 13.0. The van der Waals surface area contributed by atoms with Crippen LogP contribution in [0.2, 0.25) is 0 Å². The van der Waals surface area contributed by atoms with Crippen molar-refractivity contribution in [3.63, 3.8) is 0 Å². The Hall–Kier alpha value is -2.86. The van der Waals surface area contributed by atoms with Gasteiger partial charge in [0.05, 0.1) is 6.04 Å². The van der Waals surface area contributed by atoms with Crippen molar-refractivity contribution in [2.45, 2.75) is 85.9 Å². The predicted molar refractivity (Wildman–Crippen MR) is 130 cm³/mol. The van der Waals surface area contributed by atoms with E-state index in [0.717, 1.165) is 5.56 Å². The fraction of sp³-hybridized carbons (Fsp3) is 0.640. The number of amides is 2. The second-order valence-corrected chi connectivity index (χ2v) is 10.4. The number of hydrogen-bond acceptors (Lipinski definition) is 4. The number of ketones is 1.